The zero-order valence-electron chi connectivity index (χ0n) is 4.86. The van der Waals surface area contributed by atoms with Crippen LogP contribution in [0.15, 0.2) is 16.9 Å². The standard InChI is InChI=1S/C5H4BBrClN/c6-3-1-5(7)9-2-4(3)8/h1-2H,6H2. The van der Waals surface area contributed by atoms with Gasteiger partial charge in [0.1, 0.15) is 12.4 Å². The monoisotopic (exact) mass is 203 g/mol. The molecule has 1 rings (SSSR count). The molecule has 0 radical (unpaired) electrons. The molecule has 1 heterocycles. The van der Waals surface area contributed by atoms with E-state index in [9.17, 15) is 0 Å². The number of rotatable bonds is 0. The highest BCUT2D eigenvalue weighted by Gasteiger charge is 1.93. The molecule has 0 saturated carbocycles. The maximum Gasteiger partial charge on any atom is 0.141 e. The Morgan fingerprint density at radius 2 is 2.33 bits per heavy atom. The van der Waals surface area contributed by atoms with Gasteiger partial charge in [-0.2, -0.15) is 0 Å². The Kier molecular flexibility index (Phi) is 2.14. The quantitative estimate of drug-likeness (QED) is 0.449. The van der Waals surface area contributed by atoms with Crippen molar-refractivity contribution in [1.82, 2.24) is 4.98 Å². The summed E-state index contributed by atoms with van der Waals surface area (Å²) < 4.78 is 0.824. The molecular weight excluding hydrogens is 200 g/mol. The molecule has 1 aromatic heterocycles. The van der Waals surface area contributed by atoms with E-state index >= 15 is 0 Å². The van der Waals surface area contributed by atoms with Crippen molar-refractivity contribution >= 4 is 40.8 Å². The van der Waals surface area contributed by atoms with E-state index in [-0.39, 0.29) is 0 Å². The molecule has 1 aromatic rings. The molecule has 0 N–H and O–H groups in total. The third-order valence-electron chi connectivity index (χ3n) is 1.01. The van der Waals surface area contributed by atoms with E-state index in [4.69, 9.17) is 11.6 Å². The predicted octanol–water partition coefficient (Wildman–Crippen LogP) is 0.756. The molecule has 46 valence electrons. The number of pyridine rings is 1. The van der Waals surface area contributed by atoms with Crippen LogP contribution in [0.2, 0.25) is 5.02 Å². The first-order valence-electron chi connectivity index (χ1n) is 2.48. The van der Waals surface area contributed by atoms with Crippen LogP contribution in [0.3, 0.4) is 0 Å². The van der Waals surface area contributed by atoms with Crippen molar-refractivity contribution in [2.24, 2.45) is 0 Å². The van der Waals surface area contributed by atoms with Gasteiger partial charge in [-0.25, -0.2) is 4.98 Å². The first-order valence-corrected chi connectivity index (χ1v) is 3.65. The van der Waals surface area contributed by atoms with Crippen molar-refractivity contribution in [2.75, 3.05) is 0 Å². The Bertz CT molecular complexity index is 228. The van der Waals surface area contributed by atoms with Gasteiger partial charge in [-0.05, 0) is 22.0 Å². The van der Waals surface area contributed by atoms with Crippen molar-refractivity contribution in [3.63, 3.8) is 0 Å². The number of aromatic nitrogens is 1. The van der Waals surface area contributed by atoms with E-state index in [2.05, 4.69) is 20.9 Å². The second-order valence-corrected chi connectivity index (χ2v) is 2.98. The van der Waals surface area contributed by atoms with Gasteiger partial charge >= 0.3 is 0 Å². The first kappa shape index (κ1) is 7.10. The van der Waals surface area contributed by atoms with Gasteiger partial charge in [0.15, 0.2) is 0 Å². The van der Waals surface area contributed by atoms with Crippen molar-refractivity contribution in [3.8, 4) is 0 Å². The third-order valence-corrected chi connectivity index (χ3v) is 1.84. The summed E-state index contributed by atoms with van der Waals surface area (Å²) >= 11 is 8.92. The van der Waals surface area contributed by atoms with Crippen molar-refractivity contribution in [3.05, 3.63) is 21.9 Å². The smallest absolute Gasteiger partial charge is 0.141 e. The summed E-state index contributed by atoms with van der Waals surface area (Å²) in [7, 11) is 1.94. The van der Waals surface area contributed by atoms with Crippen molar-refractivity contribution in [2.45, 2.75) is 0 Å². The molecule has 9 heavy (non-hydrogen) atoms. The Hall–Kier alpha value is -0.0151. The number of halogens is 2. The highest BCUT2D eigenvalue weighted by Crippen LogP contribution is 2.06. The van der Waals surface area contributed by atoms with Crippen LogP contribution in [-0.4, -0.2) is 12.8 Å². The second-order valence-electron chi connectivity index (χ2n) is 1.76. The van der Waals surface area contributed by atoms with Gasteiger partial charge in [0.05, 0.1) is 5.02 Å². The van der Waals surface area contributed by atoms with Crippen LogP contribution in [0.1, 0.15) is 0 Å². The molecule has 0 amide bonds. The van der Waals surface area contributed by atoms with Crippen LogP contribution in [0.4, 0.5) is 0 Å². The lowest BCUT2D eigenvalue weighted by Gasteiger charge is -1.94. The van der Waals surface area contributed by atoms with Crippen LogP contribution >= 0.6 is 27.5 Å². The Balaban J connectivity index is 3.17. The maximum absolute atomic E-state index is 5.70. The van der Waals surface area contributed by atoms with Crippen molar-refractivity contribution < 1.29 is 0 Å². The number of hydrogen-bond acceptors (Lipinski definition) is 1. The lowest BCUT2D eigenvalue weighted by atomic mass is 9.98. The van der Waals surface area contributed by atoms with E-state index in [0.717, 1.165) is 10.1 Å². The predicted molar refractivity (Wildman–Crippen MR) is 45.1 cm³/mol. The zero-order valence-corrected chi connectivity index (χ0v) is 7.20. The van der Waals surface area contributed by atoms with Gasteiger partial charge in [0, 0.05) is 6.20 Å². The van der Waals surface area contributed by atoms with Gasteiger partial charge in [-0.1, -0.05) is 17.1 Å². The average Bonchev–Trinajstić information content (AvgIpc) is 1.80. The fourth-order valence-corrected chi connectivity index (χ4v) is 1.05. The molecule has 0 unspecified atom stereocenters. The third kappa shape index (κ3) is 1.70. The van der Waals surface area contributed by atoms with Gasteiger partial charge in [-0.15, -0.1) is 0 Å². The highest BCUT2D eigenvalue weighted by molar-refractivity contribution is 9.10. The summed E-state index contributed by atoms with van der Waals surface area (Å²) in [5, 5.41) is 0.707. The fraction of sp³-hybridized carbons (Fsp3) is 0. The topological polar surface area (TPSA) is 12.9 Å². The van der Waals surface area contributed by atoms with E-state index in [1.807, 2.05) is 13.9 Å². The molecule has 4 heteroatoms. The van der Waals surface area contributed by atoms with Gasteiger partial charge in [0.2, 0.25) is 0 Å². The molecule has 0 fully saturated rings. The van der Waals surface area contributed by atoms with Crippen molar-refractivity contribution in [1.29, 1.82) is 0 Å². The largest absolute Gasteiger partial charge is 0.248 e. The van der Waals surface area contributed by atoms with Crippen LogP contribution in [-0.2, 0) is 0 Å². The summed E-state index contributed by atoms with van der Waals surface area (Å²) in [4.78, 5) is 3.92. The van der Waals surface area contributed by atoms with Crippen LogP contribution in [0, 0.1) is 0 Å². The van der Waals surface area contributed by atoms with Gasteiger partial charge < -0.3 is 0 Å². The molecule has 0 spiro atoms. The first-order chi connectivity index (χ1) is 4.20. The molecule has 0 aromatic carbocycles. The fourth-order valence-electron chi connectivity index (χ4n) is 0.505. The van der Waals surface area contributed by atoms with E-state index in [0.29, 0.717) is 5.02 Å². The Morgan fingerprint density at radius 3 is 2.78 bits per heavy atom. The highest BCUT2D eigenvalue weighted by atomic mass is 79.9. The number of nitrogens with zero attached hydrogens (tertiary/aromatic N) is 1. The van der Waals surface area contributed by atoms with Crippen LogP contribution in [0.5, 0.6) is 0 Å². The normalized spacial score (nSPS) is 9.56. The Labute approximate surface area is 68.0 Å². The van der Waals surface area contributed by atoms with E-state index < -0.39 is 0 Å². The molecule has 0 atom stereocenters. The average molecular weight is 204 g/mol. The molecular formula is C5H4BBrClN. The van der Waals surface area contributed by atoms with Gasteiger partial charge in [0.25, 0.3) is 0 Å². The van der Waals surface area contributed by atoms with E-state index in [1.54, 1.807) is 6.20 Å². The number of hydrogen-bond donors (Lipinski definition) is 0. The minimum atomic E-state index is 0.707. The molecule has 1 nitrogen and oxygen atoms in total. The summed E-state index contributed by atoms with van der Waals surface area (Å²) in [6.45, 7) is 0. The SMILES string of the molecule is Bc1cc(Br)ncc1Cl. The molecule has 0 aliphatic heterocycles. The lowest BCUT2D eigenvalue weighted by molar-refractivity contribution is 1.29. The second kappa shape index (κ2) is 2.71. The van der Waals surface area contributed by atoms with Crippen LogP contribution < -0.4 is 5.46 Å². The van der Waals surface area contributed by atoms with E-state index in [1.165, 1.54) is 0 Å². The summed E-state index contributed by atoms with van der Waals surface area (Å²) in [6, 6.07) is 1.88. The molecule has 0 bridgehead atoms. The molecule has 0 aliphatic rings. The summed E-state index contributed by atoms with van der Waals surface area (Å²) in [5.41, 5.74) is 1.04. The minimum absolute atomic E-state index is 0.707. The summed E-state index contributed by atoms with van der Waals surface area (Å²) in [6.07, 6.45) is 1.63. The summed E-state index contributed by atoms with van der Waals surface area (Å²) in [5.74, 6) is 0. The molecule has 0 saturated heterocycles. The van der Waals surface area contributed by atoms with Crippen LogP contribution in [0.25, 0.3) is 0 Å². The lowest BCUT2D eigenvalue weighted by Crippen LogP contribution is -2.03. The Morgan fingerprint density at radius 1 is 1.67 bits per heavy atom. The zero-order chi connectivity index (χ0) is 6.85. The minimum Gasteiger partial charge on any atom is -0.248 e. The molecule has 0 aliphatic carbocycles. The van der Waals surface area contributed by atoms with Gasteiger partial charge in [-0.3, -0.25) is 0 Å². The maximum atomic E-state index is 5.70.